The lowest BCUT2D eigenvalue weighted by Gasteiger charge is -2.46. The van der Waals surface area contributed by atoms with Crippen LogP contribution in [0.1, 0.15) is 361 Å². The summed E-state index contributed by atoms with van der Waals surface area (Å²) in [4.78, 5) is 13.4. The third kappa shape index (κ3) is 49.9. The van der Waals surface area contributed by atoms with Crippen molar-refractivity contribution in [3.05, 3.63) is 72.9 Å². The summed E-state index contributed by atoms with van der Waals surface area (Å²) in [6, 6.07) is -0.935. The summed E-state index contributed by atoms with van der Waals surface area (Å²) in [5.74, 6) is -0.244. The Bertz CT molecular complexity index is 1920. The Hall–Kier alpha value is -2.57. The number of aliphatic hydroxyl groups excluding tert-OH is 8. The van der Waals surface area contributed by atoms with Crippen LogP contribution in [0.25, 0.3) is 0 Å². The number of aliphatic hydroxyl groups is 8. The van der Waals surface area contributed by atoms with Crippen LogP contribution in [0.3, 0.4) is 0 Å². The van der Waals surface area contributed by atoms with Crippen molar-refractivity contribution >= 4 is 5.91 Å². The second kappa shape index (κ2) is 67.6. The van der Waals surface area contributed by atoms with Gasteiger partial charge in [-0.2, -0.15) is 0 Å². The van der Waals surface area contributed by atoms with Gasteiger partial charge in [0.2, 0.25) is 5.91 Å². The van der Waals surface area contributed by atoms with Crippen LogP contribution >= 0.6 is 0 Å². The highest BCUT2D eigenvalue weighted by Crippen LogP contribution is 2.30. The fourth-order valence-electron chi connectivity index (χ4n) is 13.4. The number of hydrogen-bond acceptors (Lipinski definition) is 13. The van der Waals surface area contributed by atoms with Crippen LogP contribution in [0, 0.1) is 0 Å². The Labute approximate surface area is 599 Å². The van der Waals surface area contributed by atoms with Gasteiger partial charge >= 0.3 is 0 Å². The first kappa shape index (κ1) is 91.5. The molecule has 0 bridgehead atoms. The highest BCUT2D eigenvalue weighted by Gasteiger charge is 2.51. The highest BCUT2D eigenvalue weighted by molar-refractivity contribution is 5.76. The third-order valence-corrected chi connectivity index (χ3v) is 19.9. The summed E-state index contributed by atoms with van der Waals surface area (Å²) in [6.45, 7) is 2.73. The standard InChI is InChI=1S/C84H153NO13/c1-3-5-7-9-11-13-15-17-19-21-23-25-27-29-31-33-35-36-38-40-42-44-46-48-50-52-54-56-58-60-62-64-66-68-76(89)85-72(71-95-83-81(94)79(92)82(75(70-87)97-83)98-84-80(93)78(91)77(90)74(69-86)96-84)73(88)67-65-63-61-59-57-55-53-51-49-47-45-43-41-39-37-34-32-30-28-26-24-22-20-18-16-14-12-10-8-6-4-2/h5,7,11,13,17,19,23,25,57,59,65,67,72-75,77-84,86-88,90-94H,3-4,6,8-10,12,14-16,18,20-22,24,26-56,58,60-64,66,68-71H2,1-2H3,(H,85,89)/b7-5-,13-11-,19-17-,25-23-,59-57+,67-65+. The minimum Gasteiger partial charge on any atom is -0.394 e. The Morgan fingerprint density at radius 1 is 0.378 bits per heavy atom. The zero-order chi connectivity index (χ0) is 70.8. The molecule has 2 aliphatic rings. The Kier molecular flexibility index (Phi) is 63.1. The molecule has 2 heterocycles. The molecule has 572 valence electrons. The van der Waals surface area contributed by atoms with Crippen molar-refractivity contribution in [3.8, 4) is 0 Å². The summed E-state index contributed by atoms with van der Waals surface area (Å²) in [6.07, 6.45) is 77.1. The van der Waals surface area contributed by atoms with Gasteiger partial charge in [-0.3, -0.25) is 4.79 Å². The number of allylic oxidation sites excluding steroid dienone is 11. The molecule has 12 atom stereocenters. The topological polar surface area (TPSA) is 228 Å². The Morgan fingerprint density at radius 2 is 0.714 bits per heavy atom. The Balaban J connectivity index is 1.62. The van der Waals surface area contributed by atoms with Gasteiger partial charge in [-0.15, -0.1) is 0 Å². The summed E-state index contributed by atoms with van der Waals surface area (Å²) in [5.41, 5.74) is 0. The van der Waals surface area contributed by atoms with Gasteiger partial charge in [0.15, 0.2) is 12.6 Å². The molecular weight excluding hydrogens is 1230 g/mol. The van der Waals surface area contributed by atoms with E-state index in [0.29, 0.717) is 12.8 Å². The van der Waals surface area contributed by atoms with Crippen LogP contribution in [-0.4, -0.2) is 140 Å². The van der Waals surface area contributed by atoms with Crippen LogP contribution in [0.4, 0.5) is 0 Å². The number of carbonyl (C=O) groups is 1. The van der Waals surface area contributed by atoms with Crippen molar-refractivity contribution in [1.29, 1.82) is 0 Å². The minimum atomic E-state index is -1.79. The number of nitrogens with one attached hydrogen (secondary N) is 1. The van der Waals surface area contributed by atoms with E-state index in [1.807, 2.05) is 6.08 Å². The van der Waals surface area contributed by atoms with Crippen molar-refractivity contribution in [1.82, 2.24) is 5.32 Å². The average molecular weight is 1390 g/mol. The molecule has 14 nitrogen and oxygen atoms in total. The first-order chi connectivity index (χ1) is 48.1. The van der Waals surface area contributed by atoms with Gasteiger partial charge in [0.1, 0.15) is 48.8 Å². The number of hydrogen-bond donors (Lipinski definition) is 9. The summed E-state index contributed by atoms with van der Waals surface area (Å²) in [5, 5.41) is 87.7. The molecule has 0 aromatic carbocycles. The van der Waals surface area contributed by atoms with Crippen LogP contribution in [0.15, 0.2) is 72.9 Å². The molecule has 0 radical (unpaired) electrons. The van der Waals surface area contributed by atoms with Gasteiger partial charge in [-0.25, -0.2) is 0 Å². The van der Waals surface area contributed by atoms with Crippen molar-refractivity contribution < 1.29 is 64.6 Å². The predicted molar refractivity (Wildman–Crippen MR) is 406 cm³/mol. The summed E-state index contributed by atoms with van der Waals surface area (Å²) in [7, 11) is 0. The van der Waals surface area contributed by atoms with Crippen LogP contribution < -0.4 is 5.32 Å². The van der Waals surface area contributed by atoms with Crippen molar-refractivity contribution in [2.24, 2.45) is 0 Å². The Morgan fingerprint density at radius 3 is 1.12 bits per heavy atom. The number of carbonyl (C=O) groups excluding carboxylic acids is 1. The second-order valence-electron chi connectivity index (χ2n) is 28.9. The normalized spacial score (nSPS) is 22.4. The molecule has 0 aromatic rings. The van der Waals surface area contributed by atoms with E-state index < -0.39 is 86.8 Å². The second-order valence-corrected chi connectivity index (χ2v) is 28.9. The third-order valence-electron chi connectivity index (χ3n) is 19.9. The molecule has 2 aliphatic heterocycles. The molecule has 2 saturated heterocycles. The van der Waals surface area contributed by atoms with E-state index in [4.69, 9.17) is 18.9 Å². The zero-order valence-electron chi connectivity index (χ0n) is 62.8. The smallest absolute Gasteiger partial charge is 0.220 e. The largest absolute Gasteiger partial charge is 0.394 e. The average Bonchev–Trinajstić information content (AvgIpc) is 0.793. The number of unbranched alkanes of at least 4 members (excludes halogenated alkanes) is 46. The molecule has 12 unspecified atom stereocenters. The van der Waals surface area contributed by atoms with E-state index in [1.54, 1.807) is 6.08 Å². The molecule has 14 heteroatoms. The number of amides is 1. The molecule has 9 N–H and O–H groups in total. The predicted octanol–water partition coefficient (Wildman–Crippen LogP) is 18.9. The van der Waals surface area contributed by atoms with E-state index in [1.165, 1.54) is 270 Å². The van der Waals surface area contributed by atoms with Crippen LogP contribution in [0.2, 0.25) is 0 Å². The van der Waals surface area contributed by atoms with Gasteiger partial charge < -0.3 is 65.1 Å². The molecule has 0 aliphatic carbocycles. The van der Waals surface area contributed by atoms with Crippen molar-refractivity contribution in [2.75, 3.05) is 19.8 Å². The maximum Gasteiger partial charge on any atom is 0.220 e. The van der Waals surface area contributed by atoms with Gasteiger partial charge in [0.05, 0.1) is 32.0 Å². The molecule has 0 aromatic heterocycles. The fourth-order valence-corrected chi connectivity index (χ4v) is 13.4. The zero-order valence-corrected chi connectivity index (χ0v) is 62.8. The maximum atomic E-state index is 13.4. The quantitative estimate of drug-likeness (QED) is 0.0204. The number of ether oxygens (including phenoxy) is 4. The highest BCUT2D eigenvalue weighted by atomic mass is 16.7. The lowest BCUT2D eigenvalue weighted by Crippen LogP contribution is -2.65. The van der Waals surface area contributed by atoms with Crippen LogP contribution in [0.5, 0.6) is 0 Å². The van der Waals surface area contributed by atoms with Gasteiger partial charge in [0.25, 0.3) is 0 Å². The van der Waals surface area contributed by atoms with Crippen molar-refractivity contribution in [2.45, 2.75) is 434 Å². The molecule has 0 spiro atoms. The summed E-state index contributed by atoms with van der Waals surface area (Å²) >= 11 is 0. The summed E-state index contributed by atoms with van der Waals surface area (Å²) < 4.78 is 22.9. The van der Waals surface area contributed by atoms with E-state index in [-0.39, 0.29) is 18.9 Å². The first-order valence-electron chi connectivity index (χ1n) is 41.2. The van der Waals surface area contributed by atoms with Gasteiger partial charge in [-0.1, -0.05) is 356 Å². The lowest BCUT2D eigenvalue weighted by molar-refractivity contribution is -0.359. The molecular formula is C84H153NO13. The van der Waals surface area contributed by atoms with E-state index in [2.05, 4.69) is 79.9 Å². The molecule has 98 heavy (non-hydrogen) atoms. The van der Waals surface area contributed by atoms with E-state index in [9.17, 15) is 45.6 Å². The van der Waals surface area contributed by atoms with Gasteiger partial charge in [-0.05, 0) is 70.6 Å². The van der Waals surface area contributed by atoms with Crippen molar-refractivity contribution in [3.63, 3.8) is 0 Å². The monoisotopic (exact) mass is 1380 g/mol. The van der Waals surface area contributed by atoms with E-state index in [0.717, 1.165) is 57.8 Å². The molecule has 2 fully saturated rings. The number of rotatable bonds is 69. The molecule has 1 amide bonds. The lowest BCUT2D eigenvalue weighted by atomic mass is 9.97. The maximum absolute atomic E-state index is 13.4. The molecule has 0 saturated carbocycles. The molecule has 2 rings (SSSR count). The van der Waals surface area contributed by atoms with Gasteiger partial charge in [0, 0.05) is 6.42 Å². The van der Waals surface area contributed by atoms with Crippen LogP contribution in [-0.2, 0) is 23.7 Å². The SMILES string of the molecule is CC/C=C\C/C=C\C/C=C\C/C=C\CCCCCCCCCCCCCCCCCCCCCCC(=O)NC(COC1OC(CO)C(OC2OC(CO)C(O)C(O)C2O)C(O)C1O)C(O)/C=C/CC/C=C/CCCCCCCCCCCCCCCCCCCCCCCCCCC. The fraction of sp³-hybridized carbons (Fsp3) is 0.845. The minimum absolute atomic E-state index is 0.244. The first-order valence-corrected chi connectivity index (χ1v) is 41.2. The van der Waals surface area contributed by atoms with E-state index >= 15 is 0 Å².